The summed E-state index contributed by atoms with van der Waals surface area (Å²) >= 11 is 5.81. The number of nitrogens with zero attached hydrogens (tertiary/aromatic N) is 1. The average molecular weight is 493 g/mol. The molecule has 0 aliphatic carbocycles. The number of rotatable bonds is 7. The molecule has 0 saturated carbocycles. The first kappa shape index (κ1) is 26.4. The number of carbonyl (C=O) groups is 1. The van der Waals surface area contributed by atoms with E-state index in [0.717, 1.165) is 56.6 Å². The van der Waals surface area contributed by atoms with Crippen molar-refractivity contribution >= 4 is 17.5 Å². The van der Waals surface area contributed by atoms with Gasteiger partial charge < -0.3 is 24.4 Å². The predicted octanol–water partition coefficient (Wildman–Crippen LogP) is 4.75. The molecule has 4 rings (SSSR count). The van der Waals surface area contributed by atoms with E-state index in [9.17, 15) is 9.18 Å². The van der Waals surface area contributed by atoms with E-state index in [1.54, 1.807) is 19.1 Å². The highest BCUT2D eigenvalue weighted by molar-refractivity contribution is 6.30. The van der Waals surface area contributed by atoms with Gasteiger partial charge >= 0.3 is 0 Å². The zero-order valence-corrected chi connectivity index (χ0v) is 20.7. The number of halogens is 2. The predicted molar refractivity (Wildman–Crippen MR) is 130 cm³/mol. The monoisotopic (exact) mass is 492 g/mol. The number of hydrogen-bond acceptors (Lipinski definition) is 5. The average Bonchev–Trinajstić information content (AvgIpc) is 3.32. The van der Waals surface area contributed by atoms with Crippen molar-refractivity contribution in [3.63, 3.8) is 0 Å². The van der Waals surface area contributed by atoms with Crippen molar-refractivity contribution < 1.29 is 23.4 Å². The maximum Gasteiger partial charge on any atom is 0.219 e. The van der Waals surface area contributed by atoms with Crippen LogP contribution in [0.5, 0.6) is 5.75 Å². The molecule has 2 heterocycles. The molecule has 2 aliphatic heterocycles. The van der Waals surface area contributed by atoms with E-state index < -0.39 is 5.79 Å². The minimum atomic E-state index is -0.676. The van der Waals surface area contributed by atoms with Gasteiger partial charge in [0.15, 0.2) is 5.79 Å². The van der Waals surface area contributed by atoms with Crippen LogP contribution in [-0.4, -0.2) is 56.8 Å². The van der Waals surface area contributed by atoms with Gasteiger partial charge in [0.1, 0.15) is 17.7 Å². The zero-order chi connectivity index (χ0) is 24.4. The molecule has 2 fully saturated rings. The first-order valence-corrected chi connectivity index (χ1v) is 12.2. The second-order valence-corrected chi connectivity index (χ2v) is 8.88. The summed E-state index contributed by atoms with van der Waals surface area (Å²) in [6, 6.07) is 13.8. The normalized spacial score (nSPS) is 17.7. The minimum absolute atomic E-state index is 0.148. The van der Waals surface area contributed by atoms with Crippen molar-refractivity contribution in [2.45, 2.75) is 44.5 Å². The molecule has 0 atom stereocenters. The lowest BCUT2D eigenvalue weighted by molar-refractivity contribution is -0.171. The highest BCUT2D eigenvalue weighted by Gasteiger charge is 2.37. The first-order chi connectivity index (χ1) is 16.4. The van der Waals surface area contributed by atoms with Crippen LogP contribution >= 0.6 is 11.6 Å². The standard InChI is InChI=1S/C13H16ClNO2.C13H18FNO2/c1-10(16)15-8-6-13(7-9-15)17-12-4-2-11(14)3-5-12;1-15-8-2-7-13(16-9-10-17-13)11-3-5-12(14)6-4-11/h2-5,13H,6-9H2,1H3;3-6,15H,2,7-10H2,1H3. The molecule has 0 radical (unpaired) electrons. The maximum absolute atomic E-state index is 12.9. The van der Waals surface area contributed by atoms with Crippen LogP contribution < -0.4 is 10.1 Å². The molecule has 0 spiro atoms. The summed E-state index contributed by atoms with van der Waals surface area (Å²) in [5.74, 6) is 0.0765. The highest BCUT2D eigenvalue weighted by atomic mass is 35.5. The van der Waals surface area contributed by atoms with E-state index in [0.29, 0.717) is 18.2 Å². The SMILES string of the molecule is CC(=O)N1CCC(Oc2ccc(Cl)cc2)CC1.CNCCCC1(c2ccc(F)cc2)OCCO1. The van der Waals surface area contributed by atoms with Crippen LogP contribution in [0.4, 0.5) is 4.39 Å². The molecule has 2 aromatic rings. The summed E-state index contributed by atoms with van der Waals surface area (Å²) in [5.41, 5.74) is 0.896. The van der Waals surface area contributed by atoms with Gasteiger partial charge in [0.25, 0.3) is 0 Å². The van der Waals surface area contributed by atoms with E-state index in [1.165, 1.54) is 12.1 Å². The van der Waals surface area contributed by atoms with Crippen molar-refractivity contribution in [2.24, 2.45) is 0 Å². The molecule has 0 aromatic heterocycles. The number of ether oxygens (including phenoxy) is 3. The molecule has 34 heavy (non-hydrogen) atoms. The molecule has 2 aliphatic rings. The molecular weight excluding hydrogens is 459 g/mol. The summed E-state index contributed by atoms with van der Waals surface area (Å²) in [6.45, 7) is 5.28. The molecule has 2 aromatic carbocycles. The Kier molecular flexibility index (Phi) is 10.1. The van der Waals surface area contributed by atoms with Crippen LogP contribution in [0.2, 0.25) is 5.02 Å². The fraction of sp³-hybridized carbons (Fsp3) is 0.500. The second kappa shape index (κ2) is 13.0. The summed E-state index contributed by atoms with van der Waals surface area (Å²) in [6.07, 6.45) is 3.71. The molecule has 186 valence electrons. The summed E-state index contributed by atoms with van der Waals surface area (Å²) in [7, 11) is 1.92. The van der Waals surface area contributed by atoms with Gasteiger partial charge in [-0.2, -0.15) is 0 Å². The van der Waals surface area contributed by atoms with Gasteiger partial charge in [-0.05, 0) is 56.4 Å². The van der Waals surface area contributed by atoms with Gasteiger partial charge in [-0.1, -0.05) is 23.7 Å². The van der Waals surface area contributed by atoms with Gasteiger partial charge in [-0.3, -0.25) is 4.79 Å². The van der Waals surface area contributed by atoms with Crippen LogP contribution in [0.15, 0.2) is 48.5 Å². The van der Waals surface area contributed by atoms with Crippen LogP contribution in [-0.2, 0) is 20.1 Å². The number of carbonyl (C=O) groups excluding carboxylic acids is 1. The van der Waals surface area contributed by atoms with Crippen molar-refractivity contribution in [2.75, 3.05) is 39.9 Å². The topological polar surface area (TPSA) is 60.0 Å². The van der Waals surface area contributed by atoms with Gasteiger partial charge in [0.2, 0.25) is 5.91 Å². The number of likely N-dealkylation sites (tertiary alicyclic amines) is 1. The summed E-state index contributed by atoms with van der Waals surface area (Å²) in [5, 5.41) is 3.81. The minimum Gasteiger partial charge on any atom is -0.490 e. The van der Waals surface area contributed by atoms with Gasteiger partial charge in [0.05, 0.1) is 13.2 Å². The third kappa shape index (κ3) is 7.67. The lowest BCUT2D eigenvalue weighted by Crippen LogP contribution is -2.40. The largest absolute Gasteiger partial charge is 0.490 e. The first-order valence-electron chi connectivity index (χ1n) is 11.8. The Balaban J connectivity index is 0.000000191. The van der Waals surface area contributed by atoms with Crippen molar-refractivity contribution in [1.29, 1.82) is 0 Å². The molecule has 1 N–H and O–H groups in total. The Labute approximate surface area is 206 Å². The Morgan fingerprint density at radius 3 is 2.29 bits per heavy atom. The zero-order valence-electron chi connectivity index (χ0n) is 19.9. The Hall–Kier alpha value is -2.19. The van der Waals surface area contributed by atoms with Crippen molar-refractivity contribution in [1.82, 2.24) is 10.2 Å². The van der Waals surface area contributed by atoms with Gasteiger partial charge in [-0.15, -0.1) is 0 Å². The number of benzene rings is 2. The van der Waals surface area contributed by atoms with Crippen LogP contribution in [0.25, 0.3) is 0 Å². The maximum atomic E-state index is 12.9. The van der Waals surface area contributed by atoms with Crippen LogP contribution in [0.3, 0.4) is 0 Å². The molecule has 8 heteroatoms. The third-order valence-corrected chi connectivity index (χ3v) is 6.23. The van der Waals surface area contributed by atoms with E-state index in [1.807, 2.05) is 36.2 Å². The highest BCUT2D eigenvalue weighted by Crippen LogP contribution is 2.35. The smallest absolute Gasteiger partial charge is 0.219 e. The van der Waals surface area contributed by atoms with Crippen molar-refractivity contribution in [3.05, 3.63) is 64.9 Å². The number of amides is 1. The van der Waals surface area contributed by atoms with Gasteiger partial charge in [0, 0.05) is 49.9 Å². The third-order valence-electron chi connectivity index (χ3n) is 5.97. The Morgan fingerprint density at radius 1 is 1.12 bits per heavy atom. The van der Waals surface area contributed by atoms with Crippen LogP contribution in [0, 0.1) is 5.82 Å². The van der Waals surface area contributed by atoms with E-state index in [4.69, 9.17) is 25.8 Å². The lowest BCUT2D eigenvalue weighted by atomic mass is 10.0. The fourth-order valence-electron chi connectivity index (χ4n) is 4.11. The molecule has 6 nitrogen and oxygen atoms in total. The molecule has 0 bridgehead atoms. The lowest BCUT2D eigenvalue weighted by Gasteiger charge is -2.31. The Morgan fingerprint density at radius 2 is 1.74 bits per heavy atom. The molecule has 0 unspecified atom stereocenters. The van der Waals surface area contributed by atoms with Crippen LogP contribution in [0.1, 0.15) is 38.2 Å². The van der Waals surface area contributed by atoms with E-state index in [2.05, 4.69) is 5.32 Å². The molecule has 1 amide bonds. The molecular formula is C26H34ClFN2O4. The van der Waals surface area contributed by atoms with E-state index in [-0.39, 0.29) is 17.8 Å². The fourth-order valence-corrected chi connectivity index (χ4v) is 4.23. The van der Waals surface area contributed by atoms with E-state index >= 15 is 0 Å². The summed E-state index contributed by atoms with van der Waals surface area (Å²) < 4.78 is 30.2. The van der Waals surface area contributed by atoms with Crippen molar-refractivity contribution in [3.8, 4) is 5.75 Å². The number of piperidine rings is 1. The number of nitrogens with one attached hydrogen (secondary N) is 1. The van der Waals surface area contributed by atoms with Gasteiger partial charge in [-0.25, -0.2) is 4.39 Å². The Bertz CT molecular complexity index is 881. The summed E-state index contributed by atoms with van der Waals surface area (Å²) in [4.78, 5) is 13.0. The molecule has 2 saturated heterocycles. The quantitative estimate of drug-likeness (QED) is 0.565. The second-order valence-electron chi connectivity index (χ2n) is 8.44. The number of hydrogen-bond donors (Lipinski definition) is 1.